The molecule has 0 aromatic heterocycles. The summed E-state index contributed by atoms with van der Waals surface area (Å²) in [5.41, 5.74) is 0.363. The van der Waals surface area contributed by atoms with Crippen LogP contribution < -0.4 is 0 Å². The fourth-order valence-electron chi connectivity index (χ4n) is 7.58. The summed E-state index contributed by atoms with van der Waals surface area (Å²) < 4.78 is 11.2. The van der Waals surface area contributed by atoms with Crippen LogP contribution in [0.5, 0.6) is 0 Å². The lowest BCUT2D eigenvalue weighted by Crippen LogP contribution is -2.55. The summed E-state index contributed by atoms with van der Waals surface area (Å²) in [4.78, 5) is 23.2. The largest absolute Gasteiger partial charge is 0.462 e. The van der Waals surface area contributed by atoms with Crippen LogP contribution in [0, 0.1) is 39.9 Å². The topological polar surface area (TPSA) is 76.4 Å². The summed E-state index contributed by atoms with van der Waals surface area (Å²) in [6, 6.07) is 2.43. The second-order valence-electron chi connectivity index (χ2n) is 10.3. The van der Waals surface area contributed by atoms with Gasteiger partial charge < -0.3 is 9.47 Å². The Bertz CT molecular complexity index is 797. The molecule has 4 aliphatic carbocycles. The highest BCUT2D eigenvalue weighted by Gasteiger charge is 2.66. The molecular formula is C24H33NO4. The minimum Gasteiger partial charge on any atom is -0.462 e. The number of carbonyl (C=O) groups is 2. The number of fused-ring (bicyclic) bond motifs is 5. The van der Waals surface area contributed by atoms with Gasteiger partial charge in [0, 0.05) is 32.1 Å². The normalized spacial score (nSPS) is 45.7. The van der Waals surface area contributed by atoms with Crippen LogP contribution in [-0.2, 0) is 19.1 Å². The van der Waals surface area contributed by atoms with Crippen molar-refractivity contribution in [3.63, 3.8) is 0 Å². The zero-order chi connectivity index (χ0) is 21.0. The second kappa shape index (κ2) is 6.86. The molecule has 0 radical (unpaired) electrons. The van der Waals surface area contributed by atoms with E-state index in [1.54, 1.807) is 0 Å². The first kappa shape index (κ1) is 20.4. The van der Waals surface area contributed by atoms with Crippen molar-refractivity contribution in [1.82, 2.24) is 0 Å². The summed E-state index contributed by atoms with van der Waals surface area (Å²) >= 11 is 0. The van der Waals surface area contributed by atoms with Gasteiger partial charge in [0.25, 0.3) is 0 Å². The molecule has 0 aromatic carbocycles. The molecule has 0 heterocycles. The van der Waals surface area contributed by atoms with Crippen molar-refractivity contribution in [1.29, 1.82) is 5.26 Å². The smallest absolute Gasteiger partial charge is 0.304 e. The van der Waals surface area contributed by atoms with E-state index < -0.39 is 5.60 Å². The molecule has 0 unspecified atom stereocenters. The SMILES string of the molecule is CC(=O)O[C@H]1CC[C@@]2(C)C(=CC[C@@H]3[C@@H]2CC[C@@]2(C)[C@H]3CC[C@]2(C#N)OC(C)=O)C1. The number of nitriles is 1. The predicted octanol–water partition coefficient (Wildman–Crippen LogP) is 4.71. The summed E-state index contributed by atoms with van der Waals surface area (Å²) in [5.74, 6) is 0.980. The number of allylic oxidation sites excluding steroid dienone is 1. The first-order chi connectivity index (χ1) is 13.6. The van der Waals surface area contributed by atoms with Gasteiger partial charge in [-0.2, -0.15) is 5.26 Å². The standard InChI is InChI=1S/C24H33NO4/c1-15(26)28-18-7-10-22(3)17(13-18)5-6-19-20(22)8-11-23(4)21(19)9-12-24(23,14-25)29-16(2)27/h5,18-21H,6-13H2,1-4H3/t18-,19+,20-,21-,22-,23-,24+/m0/s1. The van der Waals surface area contributed by atoms with Gasteiger partial charge in [-0.3, -0.25) is 9.59 Å². The zero-order valence-electron chi connectivity index (χ0n) is 18.1. The molecule has 0 spiro atoms. The zero-order valence-corrected chi connectivity index (χ0v) is 18.1. The summed E-state index contributed by atoms with van der Waals surface area (Å²) in [5, 5.41) is 10.0. The van der Waals surface area contributed by atoms with Gasteiger partial charge in [0.05, 0.1) is 0 Å². The molecule has 7 atom stereocenters. The molecule has 158 valence electrons. The number of rotatable bonds is 2. The average molecular weight is 400 g/mol. The Kier molecular flexibility index (Phi) is 4.83. The van der Waals surface area contributed by atoms with Crippen molar-refractivity contribution in [2.45, 2.75) is 90.8 Å². The number of esters is 2. The van der Waals surface area contributed by atoms with Crippen LogP contribution in [0.2, 0.25) is 0 Å². The van der Waals surface area contributed by atoms with E-state index in [9.17, 15) is 14.9 Å². The summed E-state index contributed by atoms with van der Waals surface area (Å²) in [6.07, 6.45) is 9.86. The van der Waals surface area contributed by atoms with E-state index in [1.165, 1.54) is 19.4 Å². The van der Waals surface area contributed by atoms with Gasteiger partial charge in [-0.25, -0.2) is 0 Å². The minimum absolute atomic E-state index is 0.0129. The van der Waals surface area contributed by atoms with Gasteiger partial charge in [0.2, 0.25) is 5.60 Å². The predicted molar refractivity (Wildman–Crippen MR) is 107 cm³/mol. The molecule has 4 aliphatic rings. The van der Waals surface area contributed by atoms with Gasteiger partial charge in [0.1, 0.15) is 12.2 Å². The Labute approximate surface area is 173 Å². The van der Waals surface area contributed by atoms with Crippen LogP contribution in [-0.4, -0.2) is 23.6 Å². The Morgan fingerprint density at radius 2 is 1.79 bits per heavy atom. The van der Waals surface area contributed by atoms with Crippen LogP contribution in [0.15, 0.2) is 11.6 Å². The van der Waals surface area contributed by atoms with Crippen molar-refractivity contribution >= 4 is 11.9 Å². The molecule has 5 heteroatoms. The van der Waals surface area contributed by atoms with Crippen LogP contribution >= 0.6 is 0 Å². The Morgan fingerprint density at radius 1 is 1.07 bits per heavy atom. The quantitative estimate of drug-likeness (QED) is 0.497. The Morgan fingerprint density at radius 3 is 2.45 bits per heavy atom. The van der Waals surface area contributed by atoms with Crippen LogP contribution in [0.3, 0.4) is 0 Å². The lowest BCUT2D eigenvalue weighted by molar-refractivity contribution is -0.169. The molecule has 0 aliphatic heterocycles. The van der Waals surface area contributed by atoms with E-state index in [4.69, 9.17) is 9.47 Å². The van der Waals surface area contributed by atoms with Crippen molar-refractivity contribution in [3.05, 3.63) is 11.6 Å². The summed E-state index contributed by atoms with van der Waals surface area (Å²) in [7, 11) is 0. The Hall–Kier alpha value is -1.83. The summed E-state index contributed by atoms with van der Waals surface area (Å²) in [6.45, 7) is 7.50. The molecule has 4 rings (SSSR count). The lowest BCUT2D eigenvalue weighted by atomic mass is 9.47. The van der Waals surface area contributed by atoms with Crippen LogP contribution in [0.25, 0.3) is 0 Å². The molecule has 0 bridgehead atoms. The fourth-order valence-corrected chi connectivity index (χ4v) is 7.58. The van der Waals surface area contributed by atoms with Gasteiger partial charge >= 0.3 is 11.9 Å². The van der Waals surface area contributed by atoms with Crippen molar-refractivity contribution in [2.75, 3.05) is 0 Å². The maximum Gasteiger partial charge on any atom is 0.304 e. The average Bonchev–Trinajstić information content (AvgIpc) is 2.94. The molecule has 0 aromatic rings. The molecule has 0 amide bonds. The minimum atomic E-state index is -0.980. The third-order valence-electron chi connectivity index (χ3n) is 9.01. The van der Waals surface area contributed by atoms with E-state index in [1.807, 2.05) is 0 Å². The van der Waals surface area contributed by atoms with Gasteiger partial charge in [-0.15, -0.1) is 0 Å². The lowest BCUT2D eigenvalue weighted by Gasteiger charge is -2.58. The van der Waals surface area contributed by atoms with Crippen molar-refractivity contribution in [2.24, 2.45) is 28.6 Å². The highest BCUT2D eigenvalue weighted by molar-refractivity contribution is 5.67. The van der Waals surface area contributed by atoms with Crippen molar-refractivity contribution < 1.29 is 19.1 Å². The first-order valence-electron chi connectivity index (χ1n) is 11.1. The highest BCUT2D eigenvalue weighted by atomic mass is 16.6. The van der Waals surface area contributed by atoms with E-state index in [0.29, 0.717) is 24.2 Å². The second-order valence-corrected chi connectivity index (χ2v) is 10.3. The van der Waals surface area contributed by atoms with Gasteiger partial charge in [0.15, 0.2) is 0 Å². The van der Waals surface area contributed by atoms with E-state index >= 15 is 0 Å². The number of hydrogen-bond donors (Lipinski definition) is 0. The highest BCUT2D eigenvalue weighted by Crippen LogP contribution is 2.67. The van der Waals surface area contributed by atoms with E-state index in [2.05, 4.69) is 26.0 Å². The van der Waals surface area contributed by atoms with Crippen molar-refractivity contribution in [3.8, 4) is 6.07 Å². The van der Waals surface area contributed by atoms with Crippen LogP contribution in [0.4, 0.5) is 0 Å². The van der Waals surface area contributed by atoms with E-state index in [0.717, 1.165) is 44.9 Å². The van der Waals surface area contributed by atoms with Crippen LogP contribution in [0.1, 0.15) is 79.1 Å². The molecule has 3 fully saturated rings. The number of nitrogens with zero attached hydrogens (tertiary/aromatic N) is 1. The first-order valence-corrected chi connectivity index (χ1v) is 11.1. The molecule has 0 saturated heterocycles. The van der Waals surface area contributed by atoms with Gasteiger partial charge in [-0.05, 0) is 61.7 Å². The maximum atomic E-state index is 11.8. The third-order valence-corrected chi connectivity index (χ3v) is 9.01. The van der Waals surface area contributed by atoms with E-state index in [-0.39, 0.29) is 28.9 Å². The molecule has 5 nitrogen and oxygen atoms in total. The maximum absolute atomic E-state index is 11.8. The molecular weight excluding hydrogens is 366 g/mol. The third kappa shape index (κ3) is 2.94. The monoisotopic (exact) mass is 399 g/mol. The van der Waals surface area contributed by atoms with Gasteiger partial charge in [-0.1, -0.05) is 25.5 Å². The number of hydrogen-bond acceptors (Lipinski definition) is 5. The number of carbonyl (C=O) groups excluding carboxylic acids is 2. The number of ether oxygens (including phenoxy) is 2. The Balaban J connectivity index is 1.61. The fraction of sp³-hybridized carbons (Fsp3) is 0.792. The molecule has 0 N–H and O–H groups in total. The molecule has 29 heavy (non-hydrogen) atoms. The molecule has 3 saturated carbocycles.